The number of esters is 2. The summed E-state index contributed by atoms with van der Waals surface area (Å²) >= 11 is 0. The van der Waals surface area contributed by atoms with Crippen LogP contribution in [0.25, 0.3) is 10.9 Å². The van der Waals surface area contributed by atoms with Gasteiger partial charge in [0.05, 0.1) is 18.7 Å². The summed E-state index contributed by atoms with van der Waals surface area (Å²) < 4.78 is 22.0. The van der Waals surface area contributed by atoms with Gasteiger partial charge in [0.2, 0.25) is 11.5 Å². The second kappa shape index (κ2) is 14.9. The third-order valence-corrected chi connectivity index (χ3v) is 7.88. The molecule has 1 atom stereocenters. The zero-order valence-electron chi connectivity index (χ0n) is 27.6. The topological polar surface area (TPSA) is 174 Å². The van der Waals surface area contributed by atoms with Crippen molar-refractivity contribution in [2.75, 3.05) is 39.4 Å². The van der Waals surface area contributed by atoms with E-state index in [1.165, 1.54) is 28.0 Å². The molecular formula is C33H44N4O10. The molecule has 0 spiro atoms. The van der Waals surface area contributed by atoms with Crippen LogP contribution in [0.3, 0.4) is 0 Å². The lowest BCUT2D eigenvalue weighted by atomic mass is 9.80. The van der Waals surface area contributed by atoms with Gasteiger partial charge in [0.15, 0.2) is 0 Å². The number of benzene rings is 1. The van der Waals surface area contributed by atoms with Gasteiger partial charge in [-0.25, -0.2) is 14.6 Å². The first kappa shape index (κ1) is 35.2. The number of fused-ring (bicyclic) bond motifs is 1. The molecule has 2 heterocycles. The number of ether oxygens (including phenoxy) is 4. The number of hydrogen-bond acceptors (Lipinski definition) is 11. The molecule has 2 fully saturated rings. The first-order chi connectivity index (χ1) is 22.2. The average molecular weight is 657 g/mol. The lowest BCUT2D eigenvalue weighted by Crippen LogP contribution is -2.56. The van der Waals surface area contributed by atoms with Crippen molar-refractivity contribution in [2.45, 2.75) is 84.0 Å². The van der Waals surface area contributed by atoms with Crippen LogP contribution in [-0.2, 0) is 28.6 Å². The number of aromatic nitrogens is 1. The molecule has 1 saturated carbocycles. The molecule has 1 aliphatic heterocycles. The van der Waals surface area contributed by atoms with E-state index in [0.29, 0.717) is 18.2 Å². The number of nitrogens with zero attached hydrogens (tertiary/aromatic N) is 3. The van der Waals surface area contributed by atoms with Crippen LogP contribution in [0.2, 0.25) is 0 Å². The summed E-state index contributed by atoms with van der Waals surface area (Å²) in [6.07, 6.45) is 0.950. The number of amides is 3. The molecule has 0 bridgehead atoms. The van der Waals surface area contributed by atoms with E-state index in [-0.39, 0.29) is 74.9 Å². The number of phenols is 1. The highest BCUT2D eigenvalue weighted by molar-refractivity contribution is 6.00. The largest absolute Gasteiger partial charge is 0.508 e. The maximum Gasteiger partial charge on any atom is 0.409 e. The fourth-order valence-corrected chi connectivity index (χ4v) is 5.39. The monoisotopic (exact) mass is 656 g/mol. The van der Waals surface area contributed by atoms with Crippen molar-refractivity contribution in [1.29, 1.82) is 0 Å². The van der Waals surface area contributed by atoms with Crippen molar-refractivity contribution in [1.82, 2.24) is 20.1 Å². The van der Waals surface area contributed by atoms with E-state index in [1.54, 1.807) is 40.7 Å². The number of nitrogens with one attached hydrogen (secondary N) is 1. The highest BCUT2D eigenvalue weighted by Gasteiger charge is 2.48. The van der Waals surface area contributed by atoms with E-state index < -0.39 is 47.1 Å². The Morgan fingerprint density at radius 3 is 2.23 bits per heavy atom. The minimum Gasteiger partial charge on any atom is -0.508 e. The van der Waals surface area contributed by atoms with E-state index in [1.807, 2.05) is 0 Å². The molecule has 47 heavy (non-hydrogen) atoms. The Hall–Kier alpha value is -4.62. The van der Waals surface area contributed by atoms with Crippen molar-refractivity contribution in [3.8, 4) is 11.5 Å². The molecule has 1 aliphatic carbocycles. The van der Waals surface area contributed by atoms with Crippen molar-refractivity contribution in [2.24, 2.45) is 0 Å². The number of aromatic hydroxyl groups is 1. The second-order valence-electron chi connectivity index (χ2n) is 12.5. The standard InChI is InChI=1S/C33H44N4O10/c1-6-44-30(42)33(13-8-14-33)46-26-20-25(34-24-19-21(38)9-10-22(24)26)28(40)35-23(11-12-27(39)47-32(3,4)5)29(41)36-15-17-37(18-16-36)31(43)45-7-2/h9-10,19-20,23,38H,6-8,11-18H2,1-5H3,(H,35,40). The number of carbonyl (C=O) groups excluding carboxylic acids is 5. The van der Waals surface area contributed by atoms with Gasteiger partial charge < -0.3 is 39.2 Å². The Balaban J connectivity index is 1.59. The summed E-state index contributed by atoms with van der Waals surface area (Å²) in [5.41, 5.74) is -1.84. The number of piperazine rings is 1. The van der Waals surface area contributed by atoms with Crippen molar-refractivity contribution in [3.05, 3.63) is 30.0 Å². The Morgan fingerprint density at radius 1 is 0.979 bits per heavy atom. The van der Waals surface area contributed by atoms with Gasteiger partial charge in [-0.3, -0.25) is 14.4 Å². The molecule has 1 aromatic carbocycles. The Labute approximate surface area is 273 Å². The summed E-state index contributed by atoms with van der Waals surface area (Å²) in [4.78, 5) is 72.5. The lowest BCUT2D eigenvalue weighted by molar-refractivity contribution is -0.169. The molecule has 256 valence electrons. The minimum absolute atomic E-state index is 0.0543. The van der Waals surface area contributed by atoms with Gasteiger partial charge in [-0.1, -0.05) is 0 Å². The van der Waals surface area contributed by atoms with Crippen LogP contribution in [0.4, 0.5) is 4.79 Å². The van der Waals surface area contributed by atoms with Gasteiger partial charge in [-0.2, -0.15) is 0 Å². The van der Waals surface area contributed by atoms with Crippen molar-refractivity contribution < 1.29 is 48.0 Å². The predicted molar refractivity (Wildman–Crippen MR) is 169 cm³/mol. The third kappa shape index (κ3) is 8.80. The van der Waals surface area contributed by atoms with Crippen LogP contribution < -0.4 is 10.1 Å². The molecule has 4 rings (SSSR count). The van der Waals surface area contributed by atoms with Gasteiger partial charge in [-0.15, -0.1) is 0 Å². The van der Waals surface area contributed by atoms with Crippen LogP contribution in [0, 0.1) is 0 Å². The van der Waals surface area contributed by atoms with Gasteiger partial charge in [-0.05, 0) is 72.4 Å². The van der Waals surface area contributed by atoms with Gasteiger partial charge in [0, 0.05) is 50.1 Å². The number of carbonyl (C=O) groups is 5. The van der Waals surface area contributed by atoms with Crippen molar-refractivity contribution in [3.63, 3.8) is 0 Å². The van der Waals surface area contributed by atoms with Crippen LogP contribution in [0.1, 0.15) is 77.2 Å². The number of hydrogen-bond donors (Lipinski definition) is 2. The molecular weight excluding hydrogens is 612 g/mol. The van der Waals surface area contributed by atoms with Crippen LogP contribution in [0.5, 0.6) is 11.5 Å². The maximum atomic E-state index is 13.8. The minimum atomic E-state index is -1.21. The molecule has 0 radical (unpaired) electrons. The van der Waals surface area contributed by atoms with Crippen LogP contribution in [0.15, 0.2) is 24.3 Å². The summed E-state index contributed by atoms with van der Waals surface area (Å²) in [6.45, 7) is 9.93. The second-order valence-corrected chi connectivity index (χ2v) is 12.5. The zero-order chi connectivity index (χ0) is 34.4. The number of pyridine rings is 1. The molecule has 14 heteroatoms. The third-order valence-electron chi connectivity index (χ3n) is 7.88. The van der Waals surface area contributed by atoms with E-state index in [0.717, 1.165) is 6.42 Å². The fourth-order valence-electron chi connectivity index (χ4n) is 5.39. The molecule has 2 aromatic rings. The zero-order valence-corrected chi connectivity index (χ0v) is 27.6. The van der Waals surface area contributed by atoms with Gasteiger partial charge in [0.25, 0.3) is 5.91 Å². The molecule has 14 nitrogen and oxygen atoms in total. The molecule has 1 unspecified atom stereocenters. The highest BCUT2D eigenvalue weighted by Crippen LogP contribution is 2.40. The normalized spacial score (nSPS) is 16.4. The van der Waals surface area contributed by atoms with Crippen LogP contribution in [-0.4, -0.2) is 106 Å². The number of rotatable bonds is 11. The summed E-state index contributed by atoms with van der Waals surface area (Å²) in [7, 11) is 0. The molecule has 3 amide bonds. The van der Waals surface area contributed by atoms with E-state index >= 15 is 0 Å². The molecule has 2 N–H and O–H groups in total. The van der Waals surface area contributed by atoms with E-state index in [9.17, 15) is 29.1 Å². The SMILES string of the molecule is CCOC(=O)N1CCN(C(=O)C(CCC(=O)OC(C)(C)C)NC(=O)c2cc(OC3(C(=O)OCC)CCC3)c3ccc(O)cc3n2)CC1. The summed E-state index contributed by atoms with van der Waals surface area (Å²) in [5.74, 6) is -2.10. The smallest absolute Gasteiger partial charge is 0.409 e. The fraction of sp³-hybridized carbons (Fsp3) is 0.576. The predicted octanol–water partition coefficient (Wildman–Crippen LogP) is 3.33. The Bertz CT molecular complexity index is 1490. The van der Waals surface area contributed by atoms with Gasteiger partial charge in [0.1, 0.15) is 28.8 Å². The summed E-state index contributed by atoms with van der Waals surface area (Å²) in [6, 6.07) is 4.65. The lowest BCUT2D eigenvalue weighted by Gasteiger charge is -2.39. The number of phenolic OH excluding ortho intramolecular Hbond substituents is 1. The highest BCUT2D eigenvalue weighted by atomic mass is 16.6. The van der Waals surface area contributed by atoms with E-state index in [2.05, 4.69) is 10.3 Å². The first-order valence-corrected chi connectivity index (χ1v) is 16.0. The maximum absolute atomic E-state index is 13.8. The Morgan fingerprint density at radius 2 is 1.64 bits per heavy atom. The first-order valence-electron chi connectivity index (χ1n) is 16.0. The summed E-state index contributed by atoms with van der Waals surface area (Å²) in [5, 5.41) is 13.4. The average Bonchev–Trinajstić information content (AvgIpc) is 2.99. The molecule has 2 aliphatic rings. The quantitative estimate of drug-likeness (QED) is 0.268. The molecule has 1 aromatic heterocycles. The van der Waals surface area contributed by atoms with E-state index in [4.69, 9.17) is 18.9 Å². The Kier molecular flexibility index (Phi) is 11.1. The van der Waals surface area contributed by atoms with Gasteiger partial charge >= 0.3 is 18.0 Å². The van der Waals surface area contributed by atoms with Crippen molar-refractivity contribution >= 4 is 40.7 Å². The molecule has 1 saturated heterocycles. The van der Waals surface area contributed by atoms with Crippen LogP contribution >= 0.6 is 0 Å².